The Labute approximate surface area is 175 Å². The summed E-state index contributed by atoms with van der Waals surface area (Å²) in [5.41, 5.74) is 1.92. The van der Waals surface area contributed by atoms with Crippen molar-refractivity contribution in [1.82, 2.24) is 5.32 Å². The minimum Gasteiger partial charge on any atom is -0.496 e. The molecule has 0 radical (unpaired) electrons. The second-order valence-electron chi connectivity index (χ2n) is 6.63. The molecular weight excluding hydrogens is 419 g/mol. The number of rotatable bonds is 8. The first kappa shape index (κ1) is 23.0. The molecule has 1 atom stereocenters. The SMILES string of the molecule is CCC(NC(=O)CN(c1ccc(F)c(Cl)c1)S(C)(=O)=O)c1ccc(OC)c(C)c1. The van der Waals surface area contributed by atoms with Crippen molar-refractivity contribution in [2.45, 2.75) is 26.3 Å². The Morgan fingerprint density at radius 1 is 1.28 bits per heavy atom. The molecule has 0 saturated carbocycles. The molecule has 0 aromatic heterocycles. The number of halogens is 2. The number of amides is 1. The van der Waals surface area contributed by atoms with Crippen molar-refractivity contribution in [1.29, 1.82) is 0 Å². The van der Waals surface area contributed by atoms with E-state index in [-0.39, 0.29) is 16.8 Å². The van der Waals surface area contributed by atoms with Crippen LogP contribution in [-0.4, -0.2) is 34.2 Å². The molecule has 1 N–H and O–H groups in total. The fourth-order valence-electron chi connectivity index (χ4n) is 2.95. The molecule has 6 nitrogen and oxygen atoms in total. The fraction of sp³-hybridized carbons (Fsp3) is 0.350. The first-order valence-electron chi connectivity index (χ1n) is 8.93. The third-order valence-electron chi connectivity index (χ3n) is 4.44. The van der Waals surface area contributed by atoms with Gasteiger partial charge >= 0.3 is 0 Å². The quantitative estimate of drug-likeness (QED) is 0.674. The Bertz CT molecular complexity index is 998. The molecule has 0 aliphatic heterocycles. The third-order valence-corrected chi connectivity index (χ3v) is 5.87. The molecule has 29 heavy (non-hydrogen) atoms. The molecule has 2 rings (SSSR count). The molecule has 0 fully saturated rings. The largest absolute Gasteiger partial charge is 0.496 e. The number of carbonyl (C=O) groups excluding carboxylic acids is 1. The highest BCUT2D eigenvalue weighted by atomic mass is 35.5. The monoisotopic (exact) mass is 442 g/mol. The van der Waals surface area contributed by atoms with Gasteiger partial charge in [-0.15, -0.1) is 0 Å². The van der Waals surface area contributed by atoms with Crippen LogP contribution in [0.2, 0.25) is 5.02 Å². The normalized spacial score (nSPS) is 12.3. The highest BCUT2D eigenvalue weighted by molar-refractivity contribution is 7.92. The molecule has 0 heterocycles. The van der Waals surface area contributed by atoms with Crippen LogP contribution in [0.15, 0.2) is 36.4 Å². The van der Waals surface area contributed by atoms with Crippen LogP contribution in [0.25, 0.3) is 0 Å². The number of aryl methyl sites for hydroxylation is 1. The number of hydrogen-bond donors (Lipinski definition) is 1. The summed E-state index contributed by atoms with van der Waals surface area (Å²) in [4.78, 5) is 12.6. The molecule has 1 amide bonds. The maximum Gasteiger partial charge on any atom is 0.241 e. The summed E-state index contributed by atoms with van der Waals surface area (Å²) in [5.74, 6) is -0.420. The van der Waals surface area contributed by atoms with Crippen molar-refractivity contribution in [3.8, 4) is 5.75 Å². The Morgan fingerprint density at radius 3 is 2.48 bits per heavy atom. The summed E-state index contributed by atoms with van der Waals surface area (Å²) in [7, 11) is -2.20. The minimum absolute atomic E-state index is 0.113. The highest BCUT2D eigenvalue weighted by Crippen LogP contribution is 2.26. The summed E-state index contributed by atoms with van der Waals surface area (Å²) < 4.78 is 44.0. The number of nitrogens with zero attached hydrogens (tertiary/aromatic N) is 1. The predicted molar refractivity (Wildman–Crippen MR) is 113 cm³/mol. The Morgan fingerprint density at radius 2 is 1.97 bits per heavy atom. The molecule has 0 aliphatic rings. The Hall–Kier alpha value is -2.32. The smallest absolute Gasteiger partial charge is 0.241 e. The van der Waals surface area contributed by atoms with Gasteiger partial charge in [-0.1, -0.05) is 30.7 Å². The molecule has 1 unspecified atom stereocenters. The summed E-state index contributed by atoms with van der Waals surface area (Å²) >= 11 is 5.76. The lowest BCUT2D eigenvalue weighted by Crippen LogP contribution is -2.41. The topological polar surface area (TPSA) is 75.7 Å². The van der Waals surface area contributed by atoms with Crippen LogP contribution < -0.4 is 14.4 Å². The lowest BCUT2D eigenvalue weighted by atomic mass is 10.0. The summed E-state index contributed by atoms with van der Waals surface area (Å²) in [5, 5.41) is 2.63. The zero-order valence-corrected chi connectivity index (χ0v) is 18.3. The maximum atomic E-state index is 13.4. The highest BCUT2D eigenvalue weighted by Gasteiger charge is 2.23. The number of carbonyl (C=O) groups is 1. The lowest BCUT2D eigenvalue weighted by molar-refractivity contribution is -0.120. The van der Waals surface area contributed by atoms with Gasteiger partial charge in [-0.2, -0.15) is 0 Å². The van der Waals surface area contributed by atoms with Crippen molar-refractivity contribution in [2.75, 3.05) is 24.2 Å². The van der Waals surface area contributed by atoms with E-state index >= 15 is 0 Å². The first-order valence-corrected chi connectivity index (χ1v) is 11.2. The second-order valence-corrected chi connectivity index (χ2v) is 8.94. The Kier molecular flexibility index (Phi) is 7.48. The summed E-state index contributed by atoms with van der Waals surface area (Å²) in [6.45, 7) is 3.37. The van der Waals surface area contributed by atoms with Gasteiger partial charge in [0.15, 0.2) is 0 Å². The van der Waals surface area contributed by atoms with Gasteiger partial charge in [-0.05, 0) is 48.7 Å². The van der Waals surface area contributed by atoms with E-state index in [0.29, 0.717) is 6.42 Å². The van der Waals surface area contributed by atoms with Crippen molar-refractivity contribution < 1.29 is 22.3 Å². The van der Waals surface area contributed by atoms with E-state index in [9.17, 15) is 17.6 Å². The Balaban J connectivity index is 2.22. The second kappa shape index (κ2) is 9.45. The van der Waals surface area contributed by atoms with E-state index in [1.807, 2.05) is 32.0 Å². The van der Waals surface area contributed by atoms with E-state index in [1.54, 1.807) is 7.11 Å². The van der Waals surface area contributed by atoms with Gasteiger partial charge in [0.05, 0.1) is 30.1 Å². The third kappa shape index (κ3) is 5.83. The molecule has 158 valence electrons. The summed E-state index contributed by atoms with van der Waals surface area (Å²) in [6, 6.07) is 8.79. The number of anilines is 1. The maximum absolute atomic E-state index is 13.4. The van der Waals surface area contributed by atoms with Crippen LogP contribution in [0.1, 0.15) is 30.5 Å². The zero-order valence-electron chi connectivity index (χ0n) is 16.7. The van der Waals surface area contributed by atoms with E-state index in [0.717, 1.165) is 33.5 Å². The van der Waals surface area contributed by atoms with Gasteiger partial charge in [0.2, 0.25) is 15.9 Å². The predicted octanol–water partition coefficient (Wildman–Crippen LogP) is 3.83. The minimum atomic E-state index is -3.79. The van der Waals surface area contributed by atoms with Crippen LogP contribution >= 0.6 is 11.6 Å². The average Bonchev–Trinajstić information content (AvgIpc) is 2.65. The zero-order chi connectivity index (χ0) is 21.8. The molecular formula is C20H24ClFN2O4S. The van der Waals surface area contributed by atoms with Crippen molar-refractivity contribution in [3.63, 3.8) is 0 Å². The van der Waals surface area contributed by atoms with Crippen LogP contribution in [0.3, 0.4) is 0 Å². The number of sulfonamides is 1. The van der Waals surface area contributed by atoms with Gasteiger partial charge in [0.1, 0.15) is 18.1 Å². The number of nitrogens with one attached hydrogen (secondary N) is 1. The molecule has 0 aliphatic carbocycles. The van der Waals surface area contributed by atoms with Crippen molar-refractivity contribution in [2.24, 2.45) is 0 Å². The van der Waals surface area contributed by atoms with Crippen molar-refractivity contribution in [3.05, 3.63) is 58.4 Å². The van der Waals surface area contributed by atoms with Gasteiger partial charge in [-0.3, -0.25) is 9.10 Å². The molecule has 2 aromatic rings. The molecule has 0 spiro atoms. The van der Waals surface area contributed by atoms with Crippen LogP contribution in [0.5, 0.6) is 5.75 Å². The number of methoxy groups -OCH3 is 1. The number of ether oxygens (including phenoxy) is 1. The van der Waals surface area contributed by atoms with E-state index in [2.05, 4.69) is 5.32 Å². The molecule has 0 saturated heterocycles. The van der Waals surface area contributed by atoms with Gasteiger partial charge < -0.3 is 10.1 Å². The fourth-order valence-corrected chi connectivity index (χ4v) is 3.97. The van der Waals surface area contributed by atoms with Crippen molar-refractivity contribution >= 4 is 33.2 Å². The molecule has 0 bridgehead atoms. The van der Waals surface area contributed by atoms with E-state index in [4.69, 9.17) is 16.3 Å². The van der Waals surface area contributed by atoms with Crippen LogP contribution in [0, 0.1) is 12.7 Å². The van der Waals surface area contributed by atoms with Gasteiger partial charge in [0, 0.05) is 0 Å². The number of hydrogen-bond acceptors (Lipinski definition) is 4. The van der Waals surface area contributed by atoms with Crippen LogP contribution in [-0.2, 0) is 14.8 Å². The van der Waals surface area contributed by atoms with E-state index < -0.39 is 28.3 Å². The summed E-state index contributed by atoms with van der Waals surface area (Å²) in [6.07, 6.45) is 1.58. The van der Waals surface area contributed by atoms with Gasteiger partial charge in [0.25, 0.3) is 0 Å². The van der Waals surface area contributed by atoms with Crippen LogP contribution in [0.4, 0.5) is 10.1 Å². The average molecular weight is 443 g/mol. The van der Waals surface area contributed by atoms with E-state index in [1.165, 1.54) is 12.1 Å². The molecule has 2 aromatic carbocycles. The standard InChI is InChI=1S/C20H24ClFN2O4S/c1-5-18(14-6-9-19(28-3)13(2)10-14)23-20(25)12-24(29(4,26)27)15-7-8-17(22)16(21)11-15/h6-11,18H,5,12H2,1-4H3,(H,23,25). The van der Waals surface area contributed by atoms with Gasteiger partial charge in [-0.25, -0.2) is 12.8 Å². The number of benzene rings is 2. The first-order chi connectivity index (χ1) is 13.6. The lowest BCUT2D eigenvalue weighted by Gasteiger charge is -2.24. The molecule has 9 heteroatoms.